The first kappa shape index (κ1) is 18.1. The zero-order valence-corrected chi connectivity index (χ0v) is 17.4. The van der Waals surface area contributed by atoms with Crippen LogP contribution in [0, 0.1) is 0 Å². The summed E-state index contributed by atoms with van der Waals surface area (Å²) < 4.78 is 6.20. The van der Waals surface area contributed by atoms with Gasteiger partial charge in [0, 0.05) is 10.4 Å². The van der Waals surface area contributed by atoms with Gasteiger partial charge < -0.3 is 13.7 Å². The standard InChI is InChI=1S/C22H22O3Si2/c1-26(23,21-15-7-11-17-9-3-5-13-19(17)21)25-27(2,24)22-16-8-12-18-10-4-6-14-20(18)22/h3-16,23-24H,1-2H3. The monoisotopic (exact) mass is 390 g/mol. The molecule has 0 bridgehead atoms. The molecule has 0 radical (unpaired) electrons. The van der Waals surface area contributed by atoms with Gasteiger partial charge in [0.05, 0.1) is 0 Å². The number of rotatable bonds is 4. The van der Waals surface area contributed by atoms with Crippen LogP contribution in [0.15, 0.2) is 84.9 Å². The van der Waals surface area contributed by atoms with Crippen LogP contribution in [0.2, 0.25) is 13.1 Å². The quantitative estimate of drug-likeness (QED) is 0.526. The zero-order chi connectivity index (χ0) is 19.1. The molecule has 0 saturated heterocycles. The SMILES string of the molecule is C[Si](O)(O[Si](C)(O)c1cccc2ccccc12)c1cccc2ccccc12. The lowest BCUT2D eigenvalue weighted by atomic mass is 10.1. The van der Waals surface area contributed by atoms with E-state index in [0.717, 1.165) is 31.9 Å². The molecule has 2 atom stereocenters. The van der Waals surface area contributed by atoms with Crippen molar-refractivity contribution in [3.05, 3.63) is 84.9 Å². The van der Waals surface area contributed by atoms with E-state index in [0.29, 0.717) is 0 Å². The fraction of sp³-hybridized carbons (Fsp3) is 0.0909. The Hall–Kier alpha value is -2.29. The van der Waals surface area contributed by atoms with E-state index in [1.54, 1.807) is 13.1 Å². The molecule has 0 aliphatic heterocycles. The normalized spacial score (nSPS) is 16.1. The smallest absolute Gasteiger partial charge is 0.358 e. The second kappa shape index (κ2) is 6.71. The molecule has 5 heteroatoms. The van der Waals surface area contributed by atoms with Crippen molar-refractivity contribution in [2.75, 3.05) is 0 Å². The molecule has 0 aromatic heterocycles. The molecule has 4 aromatic rings. The van der Waals surface area contributed by atoms with Gasteiger partial charge in [0.25, 0.3) is 0 Å². The number of fused-ring (bicyclic) bond motifs is 2. The number of hydrogen-bond donors (Lipinski definition) is 2. The third-order valence-corrected chi connectivity index (χ3v) is 11.0. The minimum absolute atomic E-state index is 0.786. The zero-order valence-electron chi connectivity index (χ0n) is 15.4. The summed E-state index contributed by atoms with van der Waals surface area (Å²) in [5.74, 6) is 0. The molecule has 0 fully saturated rings. The van der Waals surface area contributed by atoms with Crippen LogP contribution in [-0.4, -0.2) is 26.7 Å². The lowest BCUT2D eigenvalue weighted by Gasteiger charge is -2.31. The summed E-state index contributed by atoms with van der Waals surface area (Å²) in [6, 6.07) is 27.6. The van der Waals surface area contributed by atoms with Crippen LogP contribution in [0.1, 0.15) is 0 Å². The Balaban J connectivity index is 1.79. The average molecular weight is 391 g/mol. The van der Waals surface area contributed by atoms with E-state index in [-0.39, 0.29) is 0 Å². The molecule has 0 heterocycles. The lowest BCUT2D eigenvalue weighted by molar-refractivity contribution is 0.335. The van der Waals surface area contributed by atoms with Crippen molar-refractivity contribution in [2.45, 2.75) is 13.1 Å². The van der Waals surface area contributed by atoms with Gasteiger partial charge in [-0.25, -0.2) is 0 Å². The number of hydrogen-bond acceptors (Lipinski definition) is 3. The van der Waals surface area contributed by atoms with Gasteiger partial charge in [0.15, 0.2) is 0 Å². The Morgan fingerprint density at radius 2 is 0.926 bits per heavy atom. The third-order valence-electron chi connectivity index (χ3n) is 4.98. The van der Waals surface area contributed by atoms with Gasteiger partial charge in [-0.3, -0.25) is 0 Å². The highest BCUT2D eigenvalue weighted by Gasteiger charge is 2.43. The third kappa shape index (κ3) is 3.36. The second-order valence-electron chi connectivity index (χ2n) is 7.12. The predicted molar refractivity (Wildman–Crippen MR) is 116 cm³/mol. The van der Waals surface area contributed by atoms with Crippen LogP contribution < -0.4 is 10.4 Å². The van der Waals surface area contributed by atoms with Crippen LogP contribution in [0.3, 0.4) is 0 Å². The maximum atomic E-state index is 11.3. The van der Waals surface area contributed by atoms with Crippen molar-refractivity contribution in [3.8, 4) is 0 Å². The lowest BCUT2D eigenvalue weighted by Crippen LogP contribution is -2.61. The van der Waals surface area contributed by atoms with Gasteiger partial charge in [-0.15, -0.1) is 0 Å². The minimum Gasteiger partial charge on any atom is -0.408 e. The summed E-state index contributed by atoms with van der Waals surface area (Å²) in [5, 5.41) is 5.62. The summed E-state index contributed by atoms with van der Waals surface area (Å²) in [6.07, 6.45) is 0. The van der Waals surface area contributed by atoms with Gasteiger partial charge in [0.2, 0.25) is 0 Å². The van der Waals surface area contributed by atoms with Crippen molar-refractivity contribution < 1.29 is 13.7 Å². The van der Waals surface area contributed by atoms with Gasteiger partial charge in [-0.05, 0) is 34.6 Å². The first-order valence-electron chi connectivity index (χ1n) is 9.00. The minimum atomic E-state index is -3.34. The topological polar surface area (TPSA) is 49.7 Å². The molecule has 4 aromatic carbocycles. The molecule has 2 N–H and O–H groups in total. The fourth-order valence-electron chi connectivity index (χ4n) is 3.76. The van der Waals surface area contributed by atoms with Crippen LogP contribution in [-0.2, 0) is 4.12 Å². The van der Waals surface area contributed by atoms with Gasteiger partial charge in [-0.1, -0.05) is 84.9 Å². The van der Waals surface area contributed by atoms with Gasteiger partial charge >= 0.3 is 17.1 Å². The first-order chi connectivity index (χ1) is 12.9. The largest absolute Gasteiger partial charge is 0.408 e. The molecule has 0 amide bonds. The molecule has 3 nitrogen and oxygen atoms in total. The van der Waals surface area contributed by atoms with Gasteiger partial charge in [-0.2, -0.15) is 0 Å². The Kier molecular flexibility index (Phi) is 4.49. The van der Waals surface area contributed by atoms with Crippen LogP contribution in [0.4, 0.5) is 0 Å². The molecule has 0 saturated carbocycles. The summed E-state index contributed by atoms with van der Waals surface area (Å²) in [5.41, 5.74) is 0. The maximum absolute atomic E-state index is 11.3. The molecule has 0 spiro atoms. The molecular formula is C22H22O3Si2. The molecule has 4 rings (SSSR count). The summed E-state index contributed by atoms with van der Waals surface area (Å²) >= 11 is 0. The van der Waals surface area contributed by atoms with Crippen molar-refractivity contribution >= 4 is 49.0 Å². The van der Waals surface area contributed by atoms with Crippen LogP contribution >= 0.6 is 0 Å². The van der Waals surface area contributed by atoms with E-state index < -0.39 is 17.1 Å². The second-order valence-corrected chi connectivity index (χ2v) is 12.9. The Morgan fingerprint density at radius 3 is 1.37 bits per heavy atom. The molecule has 0 aliphatic carbocycles. The summed E-state index contributed by atoms with van der Waals surface area (Å²) in [6.45, 7) is 3.47. The highest BCUT2D eigenvalue weighted by atomic mass is 28.5. The highest BCUT2D eigenvalue weighted by Crippen LogP contribution is 2.20. The van der Waals surface area contributed by atoms with Crippen LogP contribution in [0.5, 0.6) is 0 Å². The molecule has 0 aliphatic rings. The van der Waals surface area contributed by atoms with Crippen molar-refractivity contribution in [1.29, 1.82) is 0 Å². The molecule has 2 unspecified atom stereocenters. The van der Waals surface area contributed by atoms with Crippen LogP contribution in [0.25, 0.3) is 21.5 Å². The maximum Gasteiger partial charge on any atom is 0.358 e. The Bertz CT molecular complexity index is 1020. The van der Waals surface area contributed by atoms with E-state index >= 15 is 0 Å². The first-order valence-corrected chi connectivity index (χ1v) is 13.7. The number of benzene rings is 4. The molecule has 27 heavy (non-hydrogen) atoms. The Labute approximate surface area is 161 Å². The molecule has 136 valence electrons. The van der Waals surface area contributed by atoms with E-state index in [9.17, 15) is 9.59 Å². The summed E-state index contributed by atoms with van der Waals surface area (Å²) in [4.78, 5) is 22.7. The van der Waals surface area contributed by atoms with Crippen molar-refractivity contribution in [2.24, 2.45) is 0 Å². The fourth-order valence-corrected chi connectivity index (χ4v) is 10.00. The van der Waals surface area contributed by atoms with Crippen molar-refractivity contribution in [1.82, 2.24) is 0 Å². The van der Waals surface area contributed by atoms with E-state index in [4.69, 9.17) is 4.12 Å². The highest BCUT2D eigenvalue weighted by molar-refractivity contribution is 6.93. The average Bonchev–Trinajstić information content (AvgIpc) is 2.66. The van der Waals surface area contributed by atoms with E-state index in [2.05, 4.69) is 0 Å². The molecular weight excluding hydrogens is 368 g/mol. The summed E-state index contributed by atoms with van der Waals surface area (Å²) in [7, 11) is -6.68. The Morgan fingerprint density at radius 1 is 0.556 bits per heavy atom. The van der Waals surface area contributed by atoms with Gasteiger partial charge in [0.1, 0.15) is 0 Å². The van der Waals surface area contributed by atoms with Crippen molar-refractivity contribution in [3.63, 3.8) is 0 Å². The van der Waals surface area contributed by atoms with E-state index in [1.807, 2.05) is 84.9 Å². The predicted octanol–water partition coefficient (Wildman–Crippen LogP) is 3.25. The van der Waals surface area contributed by atoms with E-state index in [1.165, 1.54) is 0 Å².